The summed E-state index contributed by atoms with van der Waals surface area (Å²) in [5.74, 6) is -0.438. The highest BCUT2D eigenvalue weighted by Crippen LogP contribution is 2.31. The molecule has 0 amide bonds. The van der Waals surface area contributed by atoms with Gasteiger partial charge in [-0.2, -0.15) is 5.10 Å². The summed E-state index contributed by atoms with van der Waals surface area (Å²) in [7, 11) is 0. The molecule has 1 aromatic heterocycles. The van der Waals surface area contributed by atoms with Gasteiger partial charge in [0.2, 0.25) is 0 Å². The van der Waals surface area contributed by atoms with Crippen LogP contribution in [0.3, 0.4) is 0 Å². The van der Waals surface area contributed by atoms with Gasteiger partial charge in [-0.15, -0.1) is 0 Å². The molecule has 2 aromatic carbocycles. The standard InChI is InChI=1S/C23H21BrN4O/c1-3-28-14-20(21(15(2)29)23(27-28)16-8-5-4-6-9-16)26-19-13-18(24)12-17-10-7-11-25-22(17)19/h4-13,21H,3,14H2,1-2H3. The summed E-state index contributed by atoms with van der Waals surface area (Å²) in [6, 6.07) is 17.7. The van der Waals surface area contributed by atoms with Crippen LogP contribution in [0.5, 0.6) is 0 Å². The number of aliphatic imine (C=N–C) groups is 1. The molecule has 146 valence electrons. The van der Waals surface area contributed by atoms with Crippen LogP contribution in [0.15, 0.2) is 75.4 Å². The molecule has 0 saturated heterocycles. The van der Waals surface area contributed by atoms with E-state index in [1.165, 1.54) is 0 Å². The van der Waals surface area contributed by atoms with Crippen LogP contribution >= 0.6 is 15.9 Å². The maximum Gasteiger partial charge on any atom is 0.144 e. The molecule has 0 spiro atoms. The topological polar surface area (TPSA) is 57.9 Å². The molecule has 0 aliphatic carbocycles. The lowest BCUT2D eigenvalue weighted by Gasteiger charge is -2.31. The Morgan fingerprint density at radius 3 is 2.72 bits per heavy atom. The Kier molecular flexibility index (Phi) is 5.53. The molecule has 0 fully saturated rings. The number of hydrogen-bond acceptors (Lipinski definition) is 5. The SMILES string of the molecule is CCN1CC(=Nc2cc(Br)cc3cccnc23)C(C(C)=O)C(c2ccccc2)=N1. The van der Waals surface area contributed by atoms with Crippen molar-refractivity contribution < 1.29 is 4.79 Å². The number of aromatic nitrogens is 1. The van der Waals surface area contributed by atoms with Gasteiger partial charge in [-0.05, 0) is 37.6 Å². The molecule has 29 heavy (non-hydrogen) atoms. The number of halogens is 1. The molecule has 0 radical (unpaired) electrons. The fraction of sp³-hybridized carbons (Fsp3) is 0.217. The van der Waals surface area contributed by atoms with Crippen LogP contribution in [-0.2, 0) is 4.79 Å². The first kappa shape index (κ1) is 19.5. The lowest BCUT2D eigenvalue weighted by atomic mass is 9.87. The Morgan fingerprint density at radius 1 is 1.21 bits per heavy atom. The van der Waals surface area contributed by atoms with Crippen molar-refractivity contribution in [3.63, 3.8) is 0 Å². The summed E-state index contributed by atoms with van der Waals surface area (Å²) in [4.78, 5) is 22.2. The number of carbonyl (C=O) groups excluding carboxylic acids is 1. The predicted molar refractivity (Wildman–Crippen MR) is 121 cm³/mol. The lowest BCUT2D eigenvalue weighted by molar-refractivity contribution is -0.117. The molecule has 3 aromatic rings. The number of carbonyl (C=O) groups is 1. The maximum absolute atomic E-state index is 12.7. The minimum Gasteiger partial charge on any atom is -0.299 e. The number of hydrogen-bond donors (Lipinski definition) is 0. The Balaban J connectivity index is 1.89. The average Bonchev–Trinajstić information content (AvgIpc) is 2.73. The first-order chi connectivity index (χ1) is 14.1. The van der Waals surface area contributed by atoms with Crippen LogP contribution in [0.4, 0.5) is 5.69 Å². The van der Waals surface area contributed by atoms with Gasteiger partial charge in [0, 0.05) is 22.6 Å². The quantitative estimate of drug-likeness (QED) is 0.563. The van der Waals surface area contributed by atoms with E-state index in [0.29, 0.717) is 6.54 Å². The number of benzene rings is 2. The molecule has 6 heteroatoms. The first-order valence-corrected chi connectivity index (χ1v) is 10.4. The summed E-state index contributed by atoms with van der Waals surface area (Å²) in [5.41, 5.74) is 4.05. The van der Waals surface area contributed by atoms with Gasteiger partial charge in [0.05, 0.1) is 29.2 Å². The van der Waals surface area contributed by atoms with E-state index < -0.39 is 5.92 Å². The molecular formula is C23H21BrN4O. The van der Waals surface area contributed by atoms with Crippen molar-refractivity contribution in [1.29, 1.82) is 0 Å². The van der Waals surface area contributed by atoms with Gasteiger partial charge in [0.25, 0.3) is 0 Å². The van der Waals surface area contributed by atoms with Gasteiger partial charge < -0.3 is 0 Å². The Labute approximate surface area is 178 Å². The van der Waals surface area contributed by atoms with E-state index >= 15 is 0 Å². The molecule has 5 nitrogen and oxygen atoms in total. The molecule has 1 atom stereocenters. The van der Waals surface area contributed by atoms with Crippen molar-refractivity contribution in [1.82, 2.24) is 9.99 Å². The molecule has 2 heterocycles. The highest BCUT2D eigenvalue weighted by atomic mass is 79.9. The molecular weight excluding hydrogens is 428 g/mol. The zero-order valence-electron chi connectivity index (χ0n) is 16.3. The van der Waals surface area contributed by atoms with E-state index in [0.717, 1.165) is 44.6 Å². The van der Waals surface area contributed by atoms with E-state index in [-0.39, 0.29) is 5.78 Å². The van der Waals surface area contributed by atoms with Crippen LogP contribution < -0.4 is 0 Å². The number of Topliss-reactive ketones (excluding diaryl/α,β-unsaturated/α-hetero) is 1. The van der Waals surface area contributed by atoms with Crippen molar-refractivity contribution in [2.75, 3.05) is 13.1 Å². The minimum atomic E-state index is -0.474. The van der Waals surface area contributed by atoms with Crippen LogP contribution in [0.25, 0.3) is 10.9 Å². The fourth-order valence-electron chi connectivity index (χ4n) is 3.60. The first-order valence-electron chi connectivity index (χ1n) is 9.58. The third kappa shape index (κ3) is 3.98. The maximum atomic E-state index is 12.7. The Bertz CT molecular complexity index is 1120. The minimum absolute atomic E-state index is 0.0365. The van der Waals surface area contributed by atoms with E-state index in [2.05, 4.69) is 20.9 Å². The van der Waals surface area contributed by atoms with Gasteiger partial charge in [-0.3, -0.25) is 19.8 Å². The Morgan fingerprint density at radius 2 is 2.00 bits per heavy atom. The lowest BCUT2D eigenvalue weighted by Crippen LogP contribution is -2.43. The van der Waals surface area contributed by atoms with Crippen molar-refractivity contribution in [2.45, 2.75) is 13.8 Å². The molecule has 1 aliphatic heterocycles. The number of hydrazone groups is 1. The van der Waals surface area contributed by atoms with Crippen molar-refractivity contribution >= 4 is 49.7 Å². The Hall–Kier alpha value is -2.86. The summed E-state index contributed by atoms with van der Waals surface area (Å²) >= 11 is 3.57. The van der Waals surface area contributed by atoms with E-state index in [1.54, 1.807) is 13.1 Å². The second kappa shape index (κ2) is 8.25. The number of nitrogens with zero attached hydrogens (tertiary/aromatic N) is 4. The fourth-order valence-corrected chi connectivity index (χ4v) is 4.07. The van der Waals surface area contributed by atoms with Crippen LogP contribution in [-0.4, -0.2) is 40.3 Å². The summed E-state index contributed by atoms with van der Waals surface area (Å²) in [6.45, 7) is 4.90. The summed E-state index contributed by atoms with van der Waals surface area (Å²) < 4.78 is 0.928. The zero-order chi connectivity index (χ0) is 20.4. The molecule has 0 N–H and O–H groups in total. The largest absolute Gasteiger partial charge is 0.299 e. The molecule has 0 saturated carbocycles. The average molecular weight is 449 g/mol. The second-order valence-corrected chi connectivity index (χ2v) is 7.89. The monoisotopic (exact) mass is 448 g/mol. The molecule has 1 aliphatic rings. The summed E-state index contributed by atoms with van der Waals surface area (Å²) in [6.07, 6.45) is 1.76. The number of rotatable bonds is 4. The van der Waals surface area contributed by atoms with E-state index in [4.69, 9.17) is 10.1 Å². The molecule has 4 rings (SSSR count). The van der Waals surface area contributed by atoms with Crippen molar-refractivity contribution in [2.24, 2.45) is 16.0 Å². The number of fused-ring (bicyclic) bond motifs is 1. The predicted octanol–water partition coefficient (Wildman–Crippen LogP) is 5.01. The van der Waals surface area contributed by atoms with Crippen LogP contribution in [0.1, 0.15) is 19.4 Å². The second-order valence-electron chi connectivity index (χ2n) is 6.98. The smallest absolute Gasteiger partial charge is 0.144 e. The van der Waals surface area contributed by atoms with Gasteiger partial charge in [-0.25, -0.2) is 0 Å². The zero-order valence-corrected chi connectivity index (χ0v) is 17.9. The van der Waals surface area contributed by atoms with Gasteiger partial charge in [0.15, 0.2) is 0 Å². The van der Waals surface area contributed by atoms with Gasteiger partial charge >= 0.3 is 0 Å². The highest BCUT2D eigenvalue weighted by Gasteiger charge is 2.33. The molecule has 0 bridgehead atoms. The van der Waals surface area contributed by atoms with Crippen molar-refractivity contribution in [3.05, 3.63) is 70.8 Å². The van der Waals surface area contributed by atoms with Crippen LogP contribution in [0.2, 0.25) is 0 Å². The van der Waals surface area contributed by atoms with Crippen LogP contribution in [0, 0.1) is 5.92 Å². The highest BCUT2D eigenvalue weighted by molar-refractivity contribution is 9.10. The van der Waals surface area contributed by atoms with Gasteiger partial charge in [-0.1, -0.05) is 52.3 Å². The van der Waals surface area contributed by atoms with E-state index in [1.807, 2.05) is 66.5 Å². The van der Waals surface area contributed by atoms with E-state index in [9.17, 15) is 4.79 Å². The van der Waals surface area contributed by atoms with Gasteiger partial charge in [0.1, 0.15) is 11.7 Å². The normalized spacial score (nSPS) is 18.2. The third-order valence-electron chi connectivity index (χ3n) is 4.96. The molecule has 1 unspecified atom stereocenters. The van der Waals surface area contributed by atoms with Crippen molar-refractivity contribution in [3.8, 4) is 0 Å². The number of pyridine rings is 1. The third-order valence-corrected chi connectivity index (χ3v) is 5.41. The number of ketones is 1. The summed E-state index contributed by atoms with van der Waals surface area (Å²) in [5, 5.41) is 7.72.